The first kappa shape index (κ1) is 16.0. The van der Waals surface area contributed by atoms with E-state index in [1.807, 2.05) is 12.1 Å². The molecule has 1 saturated carbocycles. The zero-order chi connectivity index (χ0) is 15.5. The maximum atomic E-state index is 11.6. The monoisotopic (exact) mass is 314 g/mol. The van der Waals surface area contributed by atoms with Gasteiger partial charge in [0.15, 0.2) is 0 Å². The molecule has 1 aromatic heterocycles. The Kier molecular flexibility index (Phi) is 5.05. The lowest BCUT2D eigenvalue weighted by atomic mass is 10.2. The molecule has 1 aliphatic rings. The van der Waals surface area contributed by atoms with Crippen molar-refractivity contribution in [1.82, 2.24) is 10.0 Å². The fourth-order valence-electron chi connectivity index (χ4n) is 2.21. The molecule has 2 N–H and O–H groups in total. The predicted octanol–water partition coefficient (Wildman–Crippen LogP) is 1.00. The quantitative estimate of drug-likeness (QED) is 0.701. The van der Waals surface area contributed by atoms with E-state index in [0.717, 1.165) is 17.8 Å². The third-order valence-electron chi connectivity index (χ3n) is 3.57. The van der Waals surface area contributed by atoms with Crippen LogP contribution >= 0.6 is 0 Å². The van der Waals surface area contributed by atoms with Crippen molar-refractivity contribution in [2.75, 3.05) is 19.3 Å². The number of furan rings is 1. The Labute approximate surface area is 125 Å². The second-order valence-electron chi connectivity index (χ2n) is 5.64. The van der Waals surface area contributed by atoms with Crippen LogP contribution in [0.15, 0.2) is 16.5 Å². The Bertz CT molecular complexity index is 594. The second-order valence-corrected chi connectivity index (χ2v) is 7.47. The molecule has 1 aliphatic carbocycles. The number of carbonyl (C=O) groups excluding carboxylic acids is 1. The van der Waals surface area contributed by atoms with E-state index in [1.165, 1.54) is 6.42 Å². The molecule has 1 aromatic rings. The average Bonchev–Trinajstić information content (AvgIpc) is 2.94. The van der Waals surface area contributed by atoms with E-state index >= 15 is 0 Å². The van der Waals surface area contributed by atoms with Gasteiger partial charge in [-0.25, -0.2) is 13.1 Å². The van der Waals surface area contributed by atoms with Crippen molar-refractivity contribution >= 4 is 15.9 Å². The van der Waals surface area contributed by atoms with Gasteiger partial charge < -0.3 is 9.73 Å². The van der Waals surface area contributed by atoms with Crippen molar-refractivity contribution in [2.24, 2.45) is 5.92 Å². The molecule has 21 heavy (non-hydrogen) atoms. The minimum Gasteiger partial charge on any atom is -0.466 e. The van der Waals surface area contributed by atoms with Crippen molar-refractivity contribution < 1.29 is 17.6 Å². The lowest BCUT2D eigenvalue weighted by molar-refractivity contribution is -0.121. The SMILES string of the molecule is C[C@@H]1C[C@@H]1c1ccc(CCC(=O)NCCNS(C)(=O)=O)o1. The number of hydrogen-bond acceptors (Lipinski definition) is 4. The van der Waals surface area contributed by atoms with Crippen LogP contribution in [0, 0.1) is 5.92 Å². The van der Waals surface area contributed by atoms with E-state index in [0.29, 0.717) is 24.7 Å². The zero-order valence-electron chi connectivity index (χ0n) is 12.4. The summed E-state index contributed by atoms with van der Waals surface area (Å²) in [5.41, 5.74) is 0. The van der Waals surface area contributed by atoms with Crippen LogP contribution in [0.3, 0.4) is 0 Å². The predicted molar refractivity (Wildman–Crippen MR) is 79.4 cm³/mol. The van der Waals surface area contributed by atoms with Gasteiger partial charge in [-0.05, 0) is 24.5 Å². The summed E-state index contributed by atoms with van der Waals surface area (Å²) in [4.78, 5) is 11.6. The normalized spacial score (nSPS) is 21.2. The number of hydrogen-bond donors (Lipinski definition) is 2. The molecule has 2 rings (SSSR count). The van der Waals surface area contributed by atoms with Crippen molar-refractivity contribution in [3.05, 3.63) is 23.7 Å². The lowest BCUT2D eigenvalue weighted by Gasteiger charge is -2.05. The number of amides is 1. The molecule has 7 heteroatoms. The van der Waals surface area contributed by atoms with Gasteiger partial charge >= 0.3 is 0 Å². The lowest BCUT2D eigenvalue weighted by Crippen LogP contribution is -2.34. The van der Waals surface area contributed by atoms with Gasteiger partial charge in [-0.2, -0.15) is 0 Å². The van der Waals surface area contributed by atoms with Gasteiger partial charge in [-0.15, -0.1) is 0 Å². The molecule has 2 atom stereocenters. The van der Waals surface area contributed by atoms with Crippen LogP contribution in [0.2, 0.25) is 0 Å². The molecule has 6 nitrogen and oxygen atoms in total. The van der Waals surface area contributed by atoms with Crippen molar-refractivity contribution in [1.29, 1.82) is 0 Å². The van der Waals surface area contributed by atoms with Crippen LogP contribution in [-0.2, 0) is 21.2 Å². The number of rotatable bonds is 8. The third-order valence-corrected chi connectivity index (χ3v) is 4.30. The van der Waals surface area contributed by atoms with Gasteiger partial charge in [-0.3, -0.25) is 4.79 Å². The summed E-state index contributed by atoms with van der Waals surface area (Å²) in [6.45, 7) is 2.69. The molecule has 1 fully saturated rings. The van der Waals surface area contributed by atoms with Crippen molar-refractivity contribution in [2.45, 2.75) is 32.1 Å². The van der Waals surface area contributed by atoms with E-state index in [9.17, 15) is 13.2 Å². The van der Waals surface area contributed by atoms with Gasteiger partial charge in [0.2, 0.25) is 15.9 Å². The highest BCUT2D eigenvalue weighted by Crippen LogP contribution is 2.47. The molecule has 0 aliphatic heterocycles. The molecular formula is C14H22N2O4S. The molecule has 0 unspecified atom stereocenters. The number of nitrogens with one attached hydrogen (secondary N) is 2. The van der Waals surface area contributed by atoms with Crippen LogP contribution in [0.4, 0.5) is 0 Å². The first-order chi connectivity index (χ1) is 9.85. The molecule has 0 spiro atoms. The number of aryl methyl sites for hydroxylation is 1. The van der Waals surface area contributed by atoms with Crippen LogP contribution in [-0.4, -0.2) is 33.7 Å². The Morgan fingerprint density at radius 3 is 2.71 bits per heavy atom. The molecule has 1 amide bonds. The van der Waals surface area contributed by atoms with Gasteiger partial charge in [0, 0.05) is 31.8 Å². The van der Waals surface area contributed by atoms with Crippen LogP contribution in [0.25, 0.3) is 0 Å². The second kappa shape index (κ2) is 6.62. The first-order valence-electron chi connectivity index (χ1n) is 7.15. The standard InChI is InChI=1S/C14H22N2O4S/c1-10-9-12(10)13-5-3-11(20-13)4-6-14(17)15-7-8-16-21(2,18)19/h3,5,10,12,16H,4,6-9H2,1-2H3,(H,15,17)/t10-,12+/m1/s1. The van der Waals surface area contributed by atoms with Crippen LogP contribution in [0.1, 0.15) is 37.2 Å². The highest BCUT2D eigenvalue weighted by molar-refractivity contribution is 7.88. The maximum absolute atomic E-state index is 11.6. The minimum absolute atomic E-state index is 0.108. The minimum atomic E-state index is -3.20. The van der Waals surface area contributed by atoms with Crippen molar-refractivity contribution in [3.8, 4) is 0 Å². The maximum Gasteiger partial charge on any atom is 0.220 e. The Morgan fingerprint density at radius 1 is 1.38 bits per heavy atom. The topological polar surface area (TPSA) is 88.4 Å². The zero-order valence-corrected chi connectivity index (χ0v) is 13.2. The Morgan fingerprint density at radius 2 is 2.10 bits per heavy atom. The van der Waals surface area contributed by atoms with Gasteiger partial charge in [0.05, 0.1) is 6.26 Å². The van der Waals surface area contributed by atoms with Crippen molar-refractivity contribution in [3.63, 3.8) is 0 Å². The molecule has 1 heterocycles. The molecule has 0 radical (unpaired) electrons. The summed E-state index contributed by atoms with van der Waals surface area (Å²) >= 11 is 0. The Balaban J connectivity index is 1.63. The summed E-state index contributed by atoms with van der Waals surface area (Å²) in [6, 6.07) is 3.93. The molecular weight excluding hydrogens is 292 g/mol. The summed E-state index contributed by atoms with van der Waals surface area (Å²) in [6.07, 6.45) is 3.17. The summed E-state index contributed by atoms with van der Waals surface area (Å²) in [5, 5.41) is 2.67. The van der Waals surface area contributed by atoms with E-state index < -0.39 is 10.0 Å². The van der Waals surface area contributed by atoms with Gasteiger partial charge in [0.1, 0.15) is 11.5 Å². The number of carbonyl (C=O) groups is 1. The summed E-state index contributed by atoms with van der Waals surface area (Å²) in [7, 11) is -3.20. The fraction of sp³-hybridized carbons (Fsp3) is 0.643. The average molecular weight is 314 g/mol. The molecule has 0 bridgehead atoms. The summed E-state index contributed by atoms with van der Waals surface area (Å²) < 4.78 is 29.7. The van der Waals surface area contributed by atoms with E-state index in [1.54, 1.807) is 0 Å². The first-order valence-corrected chi connectivity index (χ1v) is 9.04. The summed E-state index contributed by atoms with van der Waals surface area (Å²) in [5.74, 6) is 3.00. The van der Waals surface area contributed by atoms with Gasteiger partial charge in [-0.1, -0.05) is 6.92 Å². The highest BCUT2D eigenvalue weighted by Gasteiger charge is 2.36. The smallest absolute Gasteiger partial charge is 0.220 e. The van der Waals surface area contributed by atoms with Gasteiger partial charge in [0.25, 0.3) is 0 Å². The molecule has 0 aromatic carbocycles. The third kappa shape index (κ3) is 5.51. The number of sulfonamides is 1. The highest BCUT2D eigenvalue weighted by atomic mass is 32.2. The van der Waals surface area contributed by atoms with E-state index in [4.69, 9.17) is 4.42 Å². The van der Waals surface area contributed by atoms with Crippen LogP contribution in [0.5, 0.6) is 0 Å². The Hall–Kier alpha value is -1.34. The largest absolute Gasteiger partial charge is 0.466 e. The molecule has 0 saturated heterocycles. The molecule has 118 valence electrons. The fourth-order valence-corrected chi connectivity index (χ4v) is 2.68. The van der Waals surface area contributed by atoms with Crippen LogP contribution < -0.4 is 10.0 Å². The van der Waals surface area contributed by atoms with E-state index in [2.05, 4.69) is 17.0 Å². The van der Waals surface area contributed by atoms with E-state index in [-0.39, 0.29) is 19.0 Å².